The van der Waals surface area contributed by atoms with Crippen LogP contribution in [0.5, 0.6) is 5.75 Å². The highest BCUT2D eigenvalue weighted by molar-refractivity contribution is 7.89. The molecule has 2 N–H and O–H groups in total. The maximum Gasteiger partial charge on any atom is 0.262 e. The van der Waals surface area contributed by atoms with Gasteiger partial charge in [-0.1, -0.05) is 6.07 Å². The summed E-state index contributed by atoms with van der Waals surface area (Å²) in [5.41, 5.74) is 0.554. The molecule has 1 aromatic carbocycles. The number of aromatic nitrogens is 2. The van der Waals surface area contributed by atoms with Crippen molar-refractivity contribution in [2.24, 2.45) is 13.0 Å². The number of benzene rings is 1. The molecule has 3 rings (SSSR count). The van der Waals surface area contributed by atoms with E-state index in [1.165, 1.54) is 17.5 Å². The Morgan fingerprint density at radius 1 is 1.26 bits per heavy atom. The van der Waals surface area contributed by atoms with Crippen molar-refractivity contribution in [3.8, 4) is 5.75 Å². The second kappa shape index (κ2) is 9.48. The number of hydrogen-bond donors (Lipinski definition) is 2. The first-order valence-corrected chi connectivity index (χ1v) is 11.4. The average molecular weight is 450 g/mol. The van der Waals surface area contributed by atoms with E-state index in [2.05, 4.69) is 15.6 Å². The number of nitrogens with one attached hydrogen (secondary N) is 2. The van der Waals surface area contributed by atoms with E-state index < -0.39 is 10.0 Å². The molecule has 0 unspecified atom stereocenters. The molecule has 0 atom stereocenters. The molecule has 2 heterocycles. The predicted octanol–water partition coefficient (Wildman–Crippen LogP) is 0.893. The van der Waals surface area contributed by atoms with Crippen molar-refractivity contribution in [3.05, 3.63) is 36.3 Å². The van der Waals surface area contributed by atoms with Gasteiger partial charge >= 0.3 is 0 Å². The van der Waals surface area contributed by atoms with Crippen molar-refractivity contribution in [2.45, 2.75) is 24.8 Å². The van der Waals surface area contributed by atoms with Gasteiger partial charge in [-0.05, 0) is 31.9 Å². The third-order valence-electron chi connectivity index (χ3n) is 5.27. The van der Waals surface area contributed by atoms with E-state index >= 15 is 0 Å². The minimum Gasteiger partial charge on any atom is -0.484 e. The van der Waals surface area contributed by atoms with E-state index in [4.69, 9.17) is 4.74 Å². The van der Waals surface area contributed by atoms with E-state index in [0.717, 1.165) is 0 Å². The third kappa shape index (κ3) is 5.42. The Morgan fingerprint density at radius 3 is 2.58 bits per heavy atom. The van der Waals surface area contributed by atoms with Crippen LogP contribution in [0.2, 0.25) is 0 Å². The molecular formula is C20H27N5O5S. The molecule has 1 aliphatic heterocycles. The van der Waals surface area contributed by atoms with Gasteiger partial charge in [0.25, 0.3) is 15.9 Å². The lowest BCUT2D eigenvalue weighted by Crippen LogP contribution is -2.41. The molecule has 1 fully saturated rings. The highest BCUT2D eigenvalue weighted by Crippen LogP contribution is 2.25. The Labute approximate surface area is 181 Å². The maximum absolute atomic E-state index is 12.8. The Balaban J connectivity index is 1.56. The van der Waals surface area contributed by atoms with Crippen LogP contribution in [0.15, 0.2) is 35.5 Å². The Morgan fingerprint density at radius 2 is 1.97 bits per heavy atom. The second-order valence-corrected chi connectivity index (χ2v) is 9.28. The summed E-state index contributed by atoms with van der Waals surface area (Å²) >= 11 is 0. The van der Waals surface area contributed by atoms with E-state index in [1.54, 1.807) is 42.8 Å². The Kier molecular flexibility index (Phi) is 6.96. The van der Waals surface area contributed by atoms with Gasteiger partial charge in [0, 0.05) is 51.1 Å². The number of nitrogens with zero attached hydrogens (tertiary/aromatic N) is 3. The number of anilines is 1. The maximum atomic E-state index is 12.8. The van der Waals surface area contributed by atoms with Gasteiger partial charge in [0.15, 0.2) is 11.6 Å². The van der Waals surface area contributed by atoms with Crippen molar-refractivity contribution in [1.82, 2.24) is 19.2 Å². The fourth-order valence-electron chi connectivity index (χ4n) is 3.27. The molecule has 0 radical (unpaired) electrons. The molecule has 0 bridgehead atoms. The summed E-state index contributed by atoms with van der Waals surface area (Å²) in [6.45, 7) is 2.14. The van der Waals surface area contributed by atoms with Crippen molar-refractivity contribution in [2.75, 3.05) is 32.1 Å². The van der Waals surface area contributed by atoms with Gasteiger partial charge in [0.05, 0.1) is 0 Å². The number of likely N-dealkylation sites (N-methyl/N-ethyl adjacent to an activating group) is 1. The number of carbonyl (C=O) groups excluding carboxylic acids is 2. The molecule has 0 spiro atoms. The van der Waals surface area contributed by atoms with E-state index in [9.17, 15) is 18.0 Å². The first kappa shape index (κ1) is 22.8. The number of aryl methyl sites for hydroxylation is 2. The SMILES string of the molecule is CNC(=O)COc1cccc(NC(=O)C2CCN(S(=O)(=O)c3cn(C)c(C)n3)CC2)c1. The highest BCUT2D eigenvalue weighted by Gasteiger charge is 2.33. The molecule has 1 aromatic heterocycles. The first-order valence-electron chi connectivity index (χ1n) is 9.95. The normalized spacial score (nSPS) is 15.5. The molecule has 1 saturated heterocycles. The molecule has 2 amide bonds. The average Bonchev–Trinajstić information content (AvgIpc) is 3.11. The number of carbonyl (C=O) groups is 2. The number of rotatable bonds is 7. The lowest BCUT2D eigenvalue weighted by atomic mass is 9.97. The molecule has 11 heteroatoms. The van der Waals surface area contributed by atoms with Gasteiger partial charge in [-0.15, -0.1) is 0 Å². The van der Waals surface area contributed by atoms with Gasteiger partial charge in [0.2, 0.25) is 5.91 Å². The van der Waals surface area contributed by atoms with Crippen molar-refractivity contribution in [3.63, 3.8) is 0 Å². The predicted molar refractivity (Wildman–Crippen MR) is 114 cm³/mol. The molecule has 0 aliphatic carbocycles. The standard InChI is InChI=1S/C20H27N5O5S/c1-14-22-19(12-24(14)3)31(28,29)25-9-7-15(8-10-25)20(27)23-16-5-4-6-17(11-16)30-13-18(26)21-2/h4-6,11-12,15H,7-10,13H2,1-3H3,(H,21,26)(H,23,27). The third-order valence-corrected chi connectivity index (χ3v) is 7.04. The summed E-state index contributed by atoms with van der Waals surface area (Å²) in [4.78, 5) is 28.1. The highest BCUT2D eigenvalue weighted by atomic mass is 32.2. The number of amides is 2. The van der Waals surface area contributed by atoms with Crippen molar-refractivity contribution < 1.29 is 22.7 Å². The molecule has 1 aliphatic rings. The van der Waals surface area contributed by atoms with Crippen molar-refractivity contribution >= 4 is 27.5 Å². The summed E-state index contributed by atoms with van der Waals surface area (Å²) < 4.78 is 34.0. The monoisotopic (exact) mass is 449 g/mol. The van der Waals surface area contributed by atoms with Crippen LogP contribution < -0.4 is 15.4 Å². The van der Waals surface area contributed by atoms with Crippen LogP contribution in [0.4, 0.5) is 5.69 Å². The minimum absolute atomic E-state index is 0.0315. The van der Waals surface area contributed by atoms with Gasteiger partial charge in [-0.25, -0.2) is 13.4 Å². The van der Waals surface area contributed by atoms with Crippen LogP contribution in [0.3, 0.4) is 0 Å². The quantitative estimate of drug-likeness (QED) is 0.647. The zero-order valence-corrected chi connectivity index (χ0v) is 18.6. The zero-order valence-electron chi connectivity index (χ0n) is 17.8. The molecular weight excluding hydrogens is 422 g/mol. The lowest BCUT2D eigenvalue weighted by molar-refractivity contribution is -0.122. The summed E-state index contributed by atoms with van der Waals surface area (Å²) in [6, 6.07) is 6.79. The summed E-state index contributed by atoms with van der Waals surface area (Å²) in [5, 5.41) is 5.35. The van der Waals surface area contributed by atoms with Gasteiger partial charge in [-0.2, -0.15) is 4.31 Å². The van der Waals surface area contributed by atoms with Crippen LogP contribution in [0.1, 0.15) is 18.7 Å². The topological polar surface area (TPSA) is 123 Å². The largest absolute Gasteiger partial charge is 0.484 e. The first-order chi connectivity index (χ1) is 14.7. The fourth-order valence-corrected chi connectivity index (χ4v) is 4.77. The smallest absolute Gasteiger partial charge is 0.262 e. The second-order valence-electron chi connectivity index (χ2n) is 7.39. The van der Waals surface area contributed by atoms with E-state index in [-0.39, 0.29) is 42.5 Å². The van der Waals surface area contributed by atoms with Gasteiger partial charge in [0.1, 0.15) is 11.6 Å². The van der Waals surface area contributed by atoms with Crippen LogP contribution in [-0.2, 0) is 26.7 Å². The molecule has 2 aromatic rings. The number of imidazole rings is 1. The number of sulfonamides is 1. The van der Waals surface area contributed by atoms with Gasteiger partial charge < -0.3 is 19.9 Å². The number of ether oxygens (including phenoxy) is 1. The fraction of sp³-hybridized carbons (Fsp3) is 0.450. The van der Waals surface area contributed by atoms with E-state index in [0.29, 0.717) is 30.1 Å². The van der Waals surface area contributed by atoms with Crippen LogP contribution >= 0.6 is 0 Å². The van der Waals surface area contributed by atoms with Crippen LogP contribution in [-0.4, -0.2) is 60.8 Å². The Hall–Kier alpha value is -2.92. The summed E-state index contributed by atoms with van der Waals surface area (Å²) in [6.07, 6.45) is 2.34. The number of hydrogen-bond acceptors (Lipinski definition) is 6. The van der Waals surface area contributed by atoms with Gasteiger partial charge in [-0.3, -0.25) is 9.59 Å². The zero-order chi connectivity index (χ0) is 22.6. The molecule has 10 nitrogen and oxygen atoms in total. The van der Waals surface area contributed by atoms with Crippen LogP contribution in [0.25, 0.3) is 0 Å². The number of piperidine rings is 1. The summed E-state index contributed by atoms with van der Waals surface area (Å²) in [5.74, 6) is 0.362. The molecule has 168 valence electrons. The van der Waals surface area contributed by atoms with Crippen molar-refractivity contribution in [1.29, 1.82) is 0 Å². The van der Waals surface area contributed by atoms with E-state index in [1.807, 2.05) is 0 Å². The summed E-state index contributed by atoms with van der Waals surface area (Å²) in [7, 11) is -0.402. The lowest BCUT2D eigenvalue weighted by Gasteiger charge is -2.29. The Bertz CT molecular complexity index is 1040. The minimum atomic E-state index is -3.67. The molecule has 0 saturated carbocycles. The van der Waals surface area contributed by atoms with Crippen LogP contribution in [0, 0.1) is 12.8 Å². The molecule has 31 heavy (non-hydrogen) atoms.